The maximum absolute atomic E-state index is 11.9. The Balaban J connectivity index is 2.06. The highest BCUT2D eigenvalue weighted by atomic mass is 16.3. The summed E-state index contributed by atoms with van der Waals surface area (Å²) in [7, 11) is 0. The Hall–Kier alpha value is -1.10. The van der Waals surface area contributed by atoms with E-state index in [2.05, 4.69) is 10.6 Å². The third-order valence-corrected chi connectivity index (χ3v) is 4.16. The van der Waals surface area contributed by atoms with E-state index < -0.39 is 0 Å². The van der Waals surface area contributed by atoms with Crippen molar-refractivity contribution in [2.75, 3.05) is 13.1 Å². The Bertz CT molecular complexity index is 325. The molecule has 1 saturated carbocycles. The summed E-state index contributed by atoms with van der Waals surface area (Å²) in [6, 6.07) is 0. The van der Waals surface area contributed by atoms with Gasteiger partial charge in [0, 0.05) is 25.4 Å². The van der Waals surface area contributed by atoms with Gasteiger partial charge in [0.15, 0.2) is 0 Å². The van der Waals surface area contributed by atoms with Crippen molar-refractivity contribution in [3.8, 4) is 0 Å². The molecule has 0 radical (unpaired) electrons. The Kier molecular flexibility index (Phi) is 8.35. The summed E-state index contributed by atoms with van der Waals surface area (Å²) in [5.41, 5.74) is 0. The first-order valence-corrected chi connectivity index (χ1v) is 8.23. The highest BCUT2D eigenvalue weighted by molar-refractivity contribution is 5.80. The van der Waals surface area contributed by atoms with Gasteiger partial charge in [-0.1, -0.05) is 33.1 Å². The highest BCUT2D eigenvalue weighted by Gasteiger charge is 2.20. The zero-order valence-electron chi connectivity index (χ0n) is 13.4. The van der Waals surface area contributed by atoms with Gasteiger partial charge in [0.25, 0.3) is 0 Å². The minimum absolute atomic E-state index is 0.0742. The summed E-state index contributed by atoms with van der Waals surface area (Å²) in [5.74, 6) is 0.368. The number of aliphatic hydroxyl groups excluding tert-OH is 1. The summed E-state index contributed by atoms with van der Waals surface area (Å²) < 4.78 is 0. The molecule has 0 aromatic heterocycles. The molecule has 1 atom stereocenters. The summed E-state index contributed by atoms with van der Waals surface area (Å²) in [4.78, 5) is 23.5. The predicted molar refractivity (Wildman–Crippen MR) is 82.7 cm³/mol. The average molecular weight is 298 g/mol. The molecule has 5 heteroatoms. The van der Waals surface area contributed by atoms with Gasteiger partial charge in [0.2, 0.25) is 11.8 Å². The van der Waals surface area contributed by atoms with E-state index in [4.69, 9.17) is 0 Å². The molecule has 0 spiro atoms. The van der Waals surface area contributed by atoms with Crippen LogP contribution in [0.1, 0.15) is 58.8 Å². The topological polar surface area (TPSA) is 78.4 Å². The smallest absolute Gasteiger partial charge is 0.223 e. The van der Waals surface area contributed by atoms with Gasteiger partial charge in [-0.05, 0) is 25.2 Å². The fraction of sp³-hybridized carbons (Fsp3) is 0.875. The van der Waals surface area contributed by atoms with E-state index >= 15 is 0 Å². The first kappa shape index (κ1) is 18.0. The molecule has 122 valence electrons. The minimum Gasteiger partial charge on any atom is -0.393 e. The number of nitrogens with one attached hydrogen (secondary N) is 2. The summed E-state index contributed by atoms with van der Waals surface area (Å²) >= 11 is 0. The number of aliphatic hydroxyl groups is 1. The number of hydrogen-bond acceptors (Lipinski definition) is 3. The molecule has 1 rings (SSSR count). The largest absolute Gasteiger partial charge is 0.393 e. The van der Waals surface area contributed by atoms with Gasteiger partial charge in [-0.3, -0.25) is 9.59 Å². The van der Waals surface area contributed by atoms with Crippen LogP contribution in [0.3, 0.4) is 0 Å². The van der Waals surface area contributed by atoms with Crippen molar-refractivity contribution in [1.82, 2.24) is 10.6 Å². The van der Waals surface area contributed by atoms with E-state index in [1.165, 1.54) is 6.42 Å². The highest BCUT2D eigenvalue weighted by Crippen LogP contribution is 2.23. The Morgan fingerprint density at radius 1 is 1.10 bits per heavy atom. The van der Waals surface area contributed by atoms with Crippen LogP contribution in [-0.2, 0) is 9.59 Å². The lowest BCUT2D eigenvalue weighted by Crippen LogP contribution is -2.35. The molecular formula is C16H30N2O3. The monoisotopic (exact) mass is 298 g/mol. The molecule has 3 N–H and O–H groups in total. The fourth-order valence-electron chi connectivity index (χ4n) is 2.59. The molecule has 1 aliphatic carbocycles. The summed E-state index contributed by atoms with van der Waals surface area (Å²) in [6.45, 7) is 4.78. The number of amides is 2. The van der Waals surface area contributed by atoms with Crippen LogP contribution in [0.5, 0.6) is 0 Å². The maximum Gasteiger partial charge on any atom is 0.223 e. The number of carbonyl (C=O) groups is 2. The van der Waals surface area contributed by atoms with Crippen molar-refractivity contribution < 1.29 is 14.7 Å². The van der Waals surface area contributed by atoms with Crippen molar-refractivity contribution in [2.45, 2.75) is 64.9 Å². The molecule has 1 fully saturated rings. The summed E-state index contributed by atoms with van der Waals surface area (Å²) in [5, 5.41) is 15.2. The van der Waals surface area contributed by atoms with E-state index in [0.717, 1.165) is 25.7 Å². The van der Waals surface area contributed by atoms with E-state index in [9.17, 15) is 14.7 Å². The zero-order valence-corrected chi connectivity index (χ0v) is 13.4. The van der Waals surface area contributed by atoms with Gasteiger partial charge in [-0.2, -0.15) is 0 Å². The molecule has 5 nitrogen and oxygen atoms in total. The molecule has 1 unspecified atom stereocenters. The van der Waals surface area contributed by atoms with Crippen molar-refractivity contribution in [1.29, 1.82) is 0 Å². The van der Waals surface area contributed by atoms with E-state index in [0.29, 0.717) is 25.9 Å². The Labute approximate surface area is 127 Å². The molecule has 0 aromatic rings. The molecule has 0 heterocycles. The van der Waals surface area contributed by atoms with Crippen LogP contribution in [0.15, 0.2) is 0 Å². The van der Waals surface area contributed by atoms with Crippen molar-refractivity contribution in [3.63, 3.8) is 0 Å². The van der Waals surface area contributed by atoms with Crippen LogP contribution in [0.2, 0.25) is 0 Å². The van der Waals surface area contributed by atoms with E-state index in [1.54, 1.807) is 0 Å². The van der Waals surface area contributed by atoms with Gasteiger partial charge in [-0.15, -0.1) is 0 Å². The van der Waals surface area contributed by atoms with Crippen molar-refractivity contribution in [3.05, 3.63) is 0 Å². The van der Waals surface area contributed by atoms with Gasteiger partial charge < -0.3 is 15.7 Å². The fourth-order valence-corrected chi connectivity index (χ4v) is 2.59. The van der Waals surface area contributed by atoms with E-state index in [1.807, 2.05) is 13.8 Å². The lowest BCUT2D eigenvalue weighted by molar-refractivity contribution is -0.126. The number of rotatable bonds is 8. The Morgan fingerprint density at radius 3 is 2.38 bits per heavy atom. The lowest BCUT2D eigenvalue weighted by atomic mass is 9.89. The molecule has 0 aliphatic heterocycles. The van der Waals surface area contributed by atoms with Crippen LogP contribution in [0.4, 0.5) is 0 Å². The van der Waals surface area contributed by atoms with Gasteiger partial charge in [0.05, 0.1) is 6.10 Å². The standard InChI is InChI=1S/C16H30N2O3/c1-12(2)14(19)8-10-17-15(20)9-11-18-16(21)13-6-4-3-5-7-13/h12-14,19H,3-11H2,1-2H3,(H,17,20)(H,18,21). The van der Waals surface area contributed by atoms with Gasteiger partial charge in [-0.25, -0.2) is 0 Å². The van der Waals surface area contributed by atoms with Crippen LogP contribution in [0.25, 0.3) is 0 Å². The van der Waals surface area contributed by atoms with Crippen LogP contribution in [0, 0.1) is 11.8 Å². The zero-order chi connectivity index (χ0) is 15.7. The molecule has 2 amide bonds. The number of carbonyl (C=O) groups excluding carboxylic acids is 2. The van der Waals surface area contributed by atoms with E-state index in [-0.39, 0.29) is 29.8 Å². The molecular weight excluding hydrogens is 268 g/mol. The molecule has 21 heavy (non-hydrogen) atoms. The third kappa shape index (κ3) is 7.46. The maximum atomic E-state index is 11.9. The van der Waals surface area contributed by atoms with Crippen LogP contribution in [-0.4, -0.2) is 36.1 Å². The summed E-state index contributed by atoms with van der Waals surface area (Å²) in [6.07, 6.45) is 5.95. The molecule has 0 saturated heterocycles. The second kappa shape index (κ2) is 9.77. The minimum atomic E-state index is -0.378. The second-order valence-corrected chi connectivity index (χ2v) is 6.33. The first-order chi connectivity index (χ1) is 10.0. The SMILES string of the molecule is CC(C)C(O)CCNC(=O)CCNC(=O)C1CCCCC1. The van der Waals surface area contributed by atoms with Crippen LogP contribution >= 0.6 is 0 Å². The van der Waals surface area contributed by atoms with Gasteiger partial charge in [0.1, 0.15) is 0 Å². The molecule has 1 aliphatic rings. The average Bonchev–Trinajstić information content (AvgIpc) is 2.47. The normalized spacial score (nSPS) is 17.5. The lowest BCUT2D eigenvalue weighted by Gasteiger charge is -2.20. The predicted octanol–water partition coefficient (Wildman–Crippen LogP) is 1.60. The van der Waals surface area contributed by atoms with Crippen molar-refractivity contribution >= 4 is 11.8 Å². The quantitative estimate of drug-likeness (QED) is 0.637. The van der Waals surface area contributed by atoms with Crippen LogP contribution < -0.4 is 10.6 Å². The van der Waals surface area contributed by atoms with Gasteiger partial charge >= 0.3 is 0 Å². The molecule has 0 bridgehead atoms. The number of hydrogen-bond donors (Lipinski definition) is 3. The first-order valence-electron chi connectivity index (χ1n) is 8.23. The Morgan fingerprint density at radius 2 is 1.76 bits per heavy atom. The van der Waals surface area contributed by atoms with Crippen molar-refractivity contribution in [2.24, 2.45) is 11.8 Å². The molecule has 0 aromatic carbocycles. The second-order valence-electron chi connectivity index (χ2n) is 6.33. The third-order valence-electron chi connectivity index (χ3n) is 4.16.